The first-order valence-corrected chi connectivity index (χ1v) is 17.9. The molecule has 8 N–H and O–H groups in total. The van der Waals surface area contributed by atoms with Crippen molar-refractivity contribution in [3.05, 3.63) is 62.1 Å². The predicted octanol–water partition coefficient (Wildman–Crippen LogP) is 2.51. The van der Waals surface area contributed by atoms with Crippen LogP contribution in [0.1, 0.15) is 50.7 Å². The number of aliphatic hydroxyl groups excluding tert-OH is 1. The van der Waals surface area contributed by atoms with Crippen molar-refractivity contribution in [1.82, 2.24) is 14.5 Å². The molecule has 24 heteroatoms. The molecule has 0 saturated carbocycles. The van der Waals surface area contributed by atoms with Crippen molar-refractivity contribution in [1.29, 1.82) is 0 Å². The highest BCUT2D eigenvalue weighted by molar-refractivity contribution is 7.66. The molecule has 1 aliphatic rings. The number of fused-ring (bicyclic) bond motifs is 1. The fraction of sp³-hybridized carbons (Fsp3) is 0.478. The standard InChI is InChI=1S/C23H32N5O16P3/c1-23(2,3)19(13-6-4-5-7-14(13)28(31)32)40-10-12-9-27(20-18(12)21(30)26-22(24)25-20)17-8-15(29)16(42-17)11-41-46(36,37)44-47(38,39)43-45(33,34)35/h4-7,9,15-17,19,29H,8,10-11H2,1-3H3,(H,36,37)(H,38,39)(H2,33,34,35)(H3,24,25,26,30)/t15?,16-,17-,19?/m1/s1. The molecule has 0 aliphatic carbocycles. The van der Waals surface area contributed by atoms with Crippen LogP contribution in [0.5, 0.6) is 0 Å². The van der Waals surface area contributed by atoms with E-state index in [1.54, 1.807) is 12.1 Å². The van der Waals surface area contributed by atoms with Gasteiger partial charge in [0.05, 0.1) is 41.3 Å². The quantitative estimate of drug-likeness (QED) is 0.0755. The van der Waals surface area contributed by atoms with Gasteiger partial charge in [-0.25, -0.2) is 13.7 Å². The van der Waals surface area contributed by atoms with E-state index in [-0.39, 0.29) is 41.3 Å². The zero-order valence-electron chi connectivity index (χ0n) is 24.8. The molecular weight excluding hydrogens is 695 g/mol. The number of nitro groups is 1. The lowest BCUT2D eigenvalue weighted by Crippen LogP contribution is -2.26. The first kappa shape index (κ1) is 37.0. The number of hydrogen-bond acceptors (Lipinski definition) is 14. The van der Waals surface area contributed by atoms with E-state index < -0.39 is 70.5 Å². The van der Waals surface area contributed by atoms with E-state index in [9.17, 15) is 43.5 Å². The van der Waals surface area contributed by atoms with Gasteiger partial charge in [0.1, 0.15) is 12.3 Å². The Bertz CT molecular complexity index is 1850. The summed E-state index contributed by atoms with van der Waals surface area (Å²) in [4.78, 5) is 67.2. The molecule has 4 unspecified atom stereocenters. The normalized spacial score (nSPS) is 22.2. The van der Waals surface area contributed by atoms with E-state index in [0.29, 0.717) is 5.56 Å². The largest absolute Gasteiger partial charge is 0.490 e. The summed E-state index contributed by atoms with van der Waals surface area (Å²) in [5, 5.41) is 22.4. The molecule has 47 heavy (non-hydrogen) atoms. The lowest BCUT2D eigenvalue weighted by molar-refractivity contribution is -0.386. The van der Waals surface area contributed by atoms with Gasteiger partial charge >= 0.3 is 23.5 Å². The van der Waals surface area contributed by atoms with Gasteiger partial charge in [0.25, 0.3) is 11.2 Å². The average molecular weight is 727 g/mol. The Hall–Kier alpha value is -2.87. The Labute approximate surface area is 264 Å². The molecule has 6 atom stereocenters. The van der Waals surface area contributed by atoms with Crippen molar-refractivity contribution in [3.8, 4) is 0 Å². The second kappa shape index (κ2) is 13.6. The Morgan fingerprint density at radius 2 is 1.83 bits per heavy atom. The van der Waals surface area contributed by atoms with Crippen LogP contribution in [0.4, 0.5) is 11.6 Å². The third-order valence-electron chi connectivity index (χ3n) is 6.72. The number of phosphoric ester groups is 1. The SMILES string of the molecule is CC(C)(C)C(OCc1cn([C@H]2CC(O)[C@@H](COP(=O)(O)OP(=O)(O)OP(=O)(O)O)O2)c2nc(N)[nH]c(=O)c12)c1ccccc1[N+](=O)[O-]. The van der Waals surface area contributed by atoms with Gasteiger partial charge in [-0.2, -0.15) is 13.6 Å². The van der Waals surface area contributed by atoms with Crippen LogP contribution in [0.25, 0.3) is 11.0 Å². The molecular formula is C23H32N5O16P3. The van der Waals surface area contributed by atoms with Crippen LogP contribution in [-0.2, 0) is 42.9 Å². The van der Waals surface area contributed by atoms with Crippen LogP contribution in [0, 0.1) is 15.5 Å². The number of benzene rings is 1. The summed E-state index contributed by atoms with van der Waals surface area (Å²) in [6, 6.07) is 6.08. The van der Waals surface area contributed by atoms with Crippen LogP contribution in [0.3, 0.4) is 0 Å². The molecule has 3 aromatic rings. The number of hydrogen-bond donors (Lipinski definition) is 7. The number of aromatic amines is 1. The number of H-pyrrole nitrogens is 1. The molecule has 4 rings (SSSR count). The number of nitrogens with zero attached hydrogens (tertiary/aromatic N) is 3. The fourth-order valence-electron chi connectivity index (χ4n) is 4.94. The first-order chi connectivity index (χ1) is 21.6. The third kappa shape index (κ3) is 9.18. The highest BCUT2D eigenvalue weighted by Gasteiger charge is 2.43. The molecule has 260 valence electrons. The number of ether oxygens (including phenoxy) is 2. The molecule has 1 aliphatic heterocycles. The molecule has 0 bridgehead atoms. The minimum atomic E-state index is -5.76. The summed E-state index contributed by atoms with van der Waals surface area (Å²) >= 11 is 0. The molecule has 1 aromatic carbocycles. The van der Waals surface area contributed by atoms with E-state index in [0.717, 1.165) is 0 Å². The smallest absolute Gasteiger partial charge is 0.390 e. The summed E-state index contributed by atoms with van der Waals surface area (Å²) in [6.07, 6.45) is -3.40. The van der Waals surface area contributed by atoms with Gasteiger partial charge < -0.3 is 44.5 Å². The number of nitrogens with two attached hydrogens (primary N) is 1. The third-order valence-corrected chi connectivity index (χ3v) is 10.5. The van der Waals surface area contributed by atoms with Crippen LogP contribution >= 0.6 is 23.5 Å². The number of nitro benzene ring substituents is 1. The number of phosphoric acid groups is 3. The second-order valence-corrected chi connectivity index (χ2v) is 15.8. The highest BCUT2D eigenvalue weighted by Crippen LogP contribution is 2.66. The number of aromatic nitrogens is 3. The first-order valence-electron chi connectivity index (χ1n) is 13.4. The van der Waals surface area contributed by atoms with E-state index in [4.69, 9.17) is 25.0 Å². The number of para-hydroxylation sites is 1. The van der Waals surface area contributed by atoms with Gasteiger partial charge in [0.15, 0.2) is 5.65 Å². The molecule has 3 heterocycles. The zero-order chi connectivity index (χ0) is 35.1. The van der Waals surface area contributed by atoms with Crippen molar-refractivity contribution in [3.63, 3.8) is 0 Å². The molecule has 2 aromatic heterocycles. The highest BCUT2D eigenvalue weighted by atomic mass is 31.3. The summed E-state index contributed by atoms with van der Waals surface area (Å²) in [7, 11) is -16.9. The number of nitrogen functional groups attached to an aromatic ring is 1. The van der Waals surface area contributed by atoms with Crippen molar-refractivity contribution in [2.45, 2.75) is 58.3 Å². The molecule has 0 radical (unpaired) electrons. The Balaban J connectivity index is 1.58. The van der Waals surface area contributed by atoms with E-state index >= 15 is 0 Å². The molecule has 1 saturated heterocycles. The summed E-state index contributed by atoms with van der Waals surface area (Å²) in [6.45, 7) is 4.31. The number of aliphatic hydroxyl groups is 1. The minimum absolute atomic E-state index is 0.00795. The van der Waals surface area contributed by atoms with Crippen LogP contribution in [-0.4, -0.2) is 63.0 Å². The number of rotatable bonds is 13. The topological polar surface area (TPSA) is 318 Å². The fourth-order valence-corrected chi connectivity index (χ4v) is 7.97. The van der Waals surface area contributed by atoms with E-state index in [1.807, 2.05) is 20.8 Å². The van der Waals surface area contributed by atoms with Crippen LogP contribution in [0.15, 0.2) is 35.3 Å². The van der Waals surface area contributed by atoms with Gasteiger partial charge in [0.2, 0.25) is 5.95 Å². The lowest BCUT2D eigenvalue weighted by Gasteiger charge is -2.30. The lowest BCUT2D eigenvalue weighted by atomic mass is 9.84. The Morgan fingerprint density at radius 1 is 1.17 bits per heavy atom. The maximum atomic E-state index is 13.0. The maximum Gasteiger partial charge on any atom is 0.490 e. The van der Waals surface area contributed by atoms with Gasteiger partial charge in [-0.1, -0.05) is 32.9 Å². The monoisotopic (exact) mass is 727 g/mol. The van der Waals surface area contributed by atoms with Gasteiger partial charge in [-0.3, -0.25) is 24.4 Å². The number of anilines is 1. The average Bonchev–Trinajstić information content (AvgIpc) is 3.44. The molecule has 1 fully saturated rings. The molecule has 0 spiro atoms. The van der Waals surface area contributed by atoms with Crippen LogP contribution in [0.2, 0.25) is 0 Å². The number of nitrogens with one attached hydrogen (secondary N) is 1. The molecule has 21 nitrogen and oxygen atoms in total. The molecule has 0 amide bonds. The van der Waals surface area contributed by atoms with Crippen LogP contribution < -0.4 is 11.3 Å². The summed E-state index contributed by atoms with van der Waals surface area (Å²) in [5.41, 5.74) is 4.93. The Kier molecular flexibility index (Phi) is 10.7. The van der Waals surface area contributed by atoms with Crippen molar-refractivity contribution < 1.29 is 65.9 Å². The predicted molar refractivity (Wildman–Crippen MR) is 159 cm³/mol. The maximum absolute atomic E-state index is 13.0. The van der Waals surface area contributed by atoms with Gasteiger partial charge in [0, 0.05) is 24.2 Å². The van der Waals surface area contributed by atoms with Crippen molar-refractivity contribution >= 4 is 46.1 Å². The second-order valence-electron chi connectivity index (χ2n) is 11.4. The zero-order valence-corrected chi connectivity index (χ0v) is 27.5. The van der Waals surface area contributed by atoms with Gasteiger partial charge in [-0.05, 0) is 11.5 Å². The van der Waals surface area contributed by atoms with E-state index in [1.165, 1.54) is 22.9 Å². The van der Waals surface area contributed by atoms with Gasteiger partial charge in [-0.15, -0.1) is 0 Å². The van der Waals surface area contributed by atoms with Crippen molar-refractivity contribution in [2.75, 3.05) is 12.3 Å². The van der Waals surface area contributed by atoms with E-state index in [2.05, 4.69) is 23.1 Å². The van der Waals surface area contributed by atoms with Crippen molar-refractivity contribution in [2.24, 2.45) is 5.41 Å². The Morgan fingerprint density at radius 3 is 2.45 bits per heavy atom. The summed E-state index contributed by atoms with van der Waals surface area (Å²) in [5.74, 6) is -0.260. The summed E-state index contributed by atoms with van der Waals surface area (Å²) < 4.78 is 59.8. The minimum Gasteiger partial charge on any atom is -0.390 e.